The number of rotatable bonds is 13. The molecule has 0 saturated heterocycles. The Balaban J connectivity index is 2.72. The first-order valence-corrected chi connectivity index (χ1v) is 10.6. The van der Waals surface area contributed by atoms with E-state index in [0.29, 0.717) is 0 Å². The van der Waals surface area contributed by atoms with E-state index >= 15 is 0 Å². The minimum Gasteiger partial charge on any atom is -0.321 e. The van der Waals surface area contributed by atoms with Crippen LogP contribution in [0.25, 0.3) is 0 Å². The summed E-state index contributed by atoms with van der Waals surface area (Å²) in [5.74, 6) is 0. The molecule has 0 atom stereocenters. The average Bonchev–Trinajstić information content (AvgIpc) is 2.56. The standard InChI is InChI=1S/C21H44N/c1-4-7-13-18-22(19-14-8-5-2,20-15-9-6-3)21-16-11-10-12-17-21/h21H,4-20H2,1-3H3/q+1. The van der Waals surface area contributed by atoms with Gasteiger partial charge in [0.1, 0.15) is 0 Å². The second kappa shape index (κ2) is 12.4. The molecule has 132 valence electrons. The molecule has 1 aliphatic rings. The van der Waals surface area contributed by atoms with E-state index in [1.165, 1.54) is 114 Å². The molecule has 0 bridgehead atoms. The van der Waals surface area contributed by atoms with Crippen LogP contribution in [0.5, 0.6) is 0 Å². The van der Waals surface area contributed by atoms with Crippen molar-refractivity contribution in [3.05, 3.63) is 0 Å². The van der Waals surface area contributed by atoms with Crippen molar-refractivity contribution in [2.45, 2.75) is 117 Å². The summed E-state index contributed by atoms with van der Waals surface area (Å²) < 4.78 is 1.50. The van der Waals surface area contributed by atoms with Crippen molar-refractivity contribution in [1.29, 1.82) is 0 Å². The van der Waals surface area contributed by atoms with Crippen LogP contribution >= 0.6 is 0 Å². The van der Waals surface area contributed by atoms with Crippen molar-refractivity contribution in [3.63, 3.8) is 0 Å². The van der Waals surface area contributed by atoms with E-state index < -0.39 is 0 Å². The predicted molar refractivity (Wildman–Crippen MR) is 100 cm³/mol. The summed E-state index contributed by atoms with van der Waals surface area (Å²) in [7, 11) is 0. The Morgan fingerprint density at radius 2 is 1.00 bits per heavy atom. The summed E-state index contributed by atoms with van der Waals surface area (Å²) in [6.07, 6.45) is 20.3. The highest BCUT2D eigenvalue weighted by Gasteiger charge is 2.36. The van der Waals surface area contributed by atoms with Gasteiger partial charge in [0.15, 0.2) is 0 Å². The summed E-state index contributed by atoms with van der Waals surface area (Å²) in [6.45, 7) is 11.5. The molecule has 1 heteroatoms. The van der Waals surface area contributed by atoms with Crippen LogP contribution in [0.1, 0.15) is 111 Å². The Bertz CT molecular complexity index is 216. The second-order valence-corrected chi connectivity index (χ2v) is 7.80. The van der Waals surface area contributed by atoms with E-state index in [1.54, 1.807) is 0 Å². The minimum absolute atomic E-state index is 0.999. The molecule has 0 aromatic heterocycles. The summed E-state index contributed by atoms with van der Waals surface area (Å²) in [4.78, 5) is 0. The van der Waals surface area contributed by atoms with Crippen LogP contribution in [0.15, 0.2) is 0 Å². The molecule has 0 radical (unpaired) electrons. The Morgan fingerprint density at radius 1 is 0.591 bits per heavy atom. The Morgan fingerprint density at radius 3 is 1.36 bits per heavy atom. The SMILES string of the molecule is CCCCC[N+](CCCCC)(CCCCC)C1CCCCC1. The maximum Gasteiger partial charge on any atom is 0.0890 e. The van der Waals surface area contributed by atoms with Crippen molar-refractivity contribution in [3.8, 4) is 0 Å². The maximum atomic E-state index is 2.35. The van der Waals surface area contributed by atoms with Gasteiger partial charge < -0.3 is 4.48 Å². The summed E-state index contributed by atoms with van der Waals surface area (Å²) in [5, 5.41) is 0. The number of quaternary nitrogens is 1. The van der Waals surface area contributed by atoms with Gasteiger partial charge in [-0.1, -0.05) is 46.5 Å². The largest absolute Gasteiger partial charge is 0.321 e. The van der Waals surface area contributed by atoms with Crippen molar-refractivity contribution in [2.75, 3.05) is 19.6 Å². The molecule has 1 aliphatic carbocycles. The minimum atomic E-state index is 0.999. The van der Waals surface area contributed by atoms with Gasteiger partial charge in [0.2, 0.25) is 0 Å². The lowest BCUT2D eigenvalue weighted by atomic mass is 9.90. The quantitative estimate of drug-likeness (QED) is 0.262. The molecule has 0 heterocycles. The van der Waals surface area contributed by atoms with Gasteiger partial charge >= 0.3 is 0 Å². The number of nitrogens with zero attached hydrogens (tertiary/aromatic N) is 1. The highest BCUT2D eigenvalue weighted by Crippen LogP contribution is 2.31. The monoisotopic (exact) mass is 310 g/mol. The zero-order valence-electron chi connectivity index (χ0n) is 16.0. The first-order valence-electron chi connectivity index (χ1n) is 10.6. The van der Waals surface area contributed by atoms with Crippen LogP contribution in [0, 0.1) is 0 Å². The molecule has 0 spiro atoms. The number of hydrogen-bond donors (Lipinski definition) is 0. The van der Waals surface area contributed by atoms with Gasteiger partial charge in [-0.05, 0) is 64.2 Å². The molecule has 22 heavy (non-hydrogen) atoms. The number of unbranched alkanes of at least 4 members (excludes halogenated alkanes) is 6. The molecule has 1 rings (SSSR count). The van der Waals surface area contributed by atoms with Crippen LogP contribution in [-0.2, 0) is 0 Å². The molecule has 1 saturated carbocycles. The van der Waals surface area contributed by atoms with E-state index in [2.05, 4.69) is 20.8 Å². The smallest absolute Gasteiger partial charge is 0.0890 e. The Kier molecular flexibility index (Phi) is 11.3. The van der Waals surface area contributed by atoms with E-state index in [-0.39, 0.29) is 0 Å². The lowest BCUT2D eigenvalue weighted by Gasteiger charge is -2.47. The fraction of sp³-hybridized carbons (Fsp3) is 1.00. The van der Waals surface area contributed by atoms with E-state index in [4.69, 9.17) is 0 Å². The van der Waals surface area contributed by atoms with Crippen LogP contribution in [-0.4, -0.2) is 30.2 Å². The van der Waals surface area contributed by atoms with E-state index in [0.717, 1.165) is 6.04 Å². The van der Waals surface area contributed by atoms with Gasteiger partial charge in [-0.2, -0.15) is 0 Å². The van der Waals surface area contributed by atoms with Gasteiger partial charge in [-0.15, -0.1) is 0 Å². The highest BCUT2D eigenvalue weighted by molar-refractivity contribution is 4.69. The van der Waals surface area contributed by atoms with E-state index in [9.17, 15) is 0 Å². The van der Waals surface area contributed by atoms with Crippen LogP contribution in [0.4, 0.5) is 0 Å². The number of hydrogen-bond acceptors (Lipinski definition) is 0. The Hall–Kier alpha value is -0.0400. The van der Waals surface area contributed by atoms with Gasteiger partial charge in [0.05, 0.1) is 25.7 Å². The van der Waals surface area contributed by atoms with Crippen molar-refractivity contribution >= 4 is 0 Å². The first-order chi connectivity index (χ1) is 10.8. The summed E-state index contributed by atoms with van der Waals surface area (Å²) in [6, 6.07) is 0.999. The Labute approximate surface area is 141 Å². The van der Waals surface area contributed by atoms with Crippen molar-refractivity contribution in [1.82, 2.24) is 0 Å². The third kappa shape index (κ3) is 7.02. The predicted octanol–water partition coefficient (Wildman–Crippen LogP) is 6.71. The molecular formula is C21H44N+. The molecular weight excluding hydrogens is 266 g/mol. The molecule has 0 aromatic carbocycles. The van der Waals surface area contributed by atoms with Crippen LogP contribution < -0.4 is 0 Å². The maximum absolute atomic E-state index is 2.35. The normalized spacial score (nSPS) is 17.0. The second-order valence-electron chi connectivity index (χ2n) is 7.80. The van der Waals surface area contributed by atoms with Gasteiger partial charge in [0, 0.05) is 0 Å². The molecule has 0 aromatic rings. The van der Waals surface area contributed by atoms with Gasteiger partial charge in [0.25, 0.3) is 0 Å². The first kappa shape index (κ1) is 20.0. The molecule has 0 amide bonds. The lowest BCUT2D eigenvalue weighted by molar-refractivity contribution is -0.953. The van der Waals surface area contributed by atoms with Crippen LogP contribution in [0.3, 0.4) is 0 Å². The van der Waals surface area contributed by atoms with Crippen LogP contribution in [0.2, 0.25) is 0 Å². The third-order valence-electron chi connectivity index (χ3n) is 5.97. The molecule has 0 N–H and O–H groups in total. The highest BCUT2D eigenvalue weighted by atomic mass is 15.4. The molecule has 1 nitrogen and oxygen atoms in total. The van der Waals surface area contributed by atoms with Crippen molar-refractivity contribution in [2.24, 2.45) is 0 Å². The molecule has 0 aliphatic heterocycles. The van der Waals surface area contributed by atoms with Gasteiger partial charge in [-0.25, -0.2) is 0 Å². The third-order valence-corrected chi connectivity index (χ3v) is 5.97. The molecule has 1 fully saturated rings. The lowest BCUT2D eigenvalue weighted by Crippen LogP contribution is -2.57. The topological polar surface area (TPSA) is 0 Å². The zero-order valence-corrected chi connectivity index (χ0v) is 16.0. The van der Waals surface area contributed by atoms with Gasteiger partial charge in [-0.3, -0.25) is 0 Å². The molecule has 0 unspecified atom stereocenters. The fourth-order valence-electron chi connectivity index (χ4n) is 4.54. The van der Waals surface area contributed by atoms with E-state index in [1.807, 2.05) is 0 Å². The van der Waals surface area contributed by atoms with Crippen molar-refractivity contribution < 1.29 is 4.48 Å². The summed E-state index contributed by atoms with van der Waals surface area (Å²) >= 11 is 0. The fourth-order valence-corrected chi connectivity index (χ4v) is 4.54. The zero-order chi connectivity index (χ0) is 16.1. The summed E-state index contributed by atoms with van der Waals surface area (Å²) in [5.41, 5.74) is 0. The average molecular weight is 311 g/mol.